The lowest BCUT2D eigenvalue weighted by Crippen LogP contribution is -2.22. The number of benzene rings is 3. The fourth-order valence-corrected chi connectivity index (χ4v) is 2.81. The van der Waals surface area contributed by atoms with Gasteiger partial charge in [-0.25, -0.2) is 0 Å². The summed E-state index contributed by atoms with van der Waals surface area (Å²) in [5.41, 5.74) is 1.27. The average Bonchev–Trinajstić information content (AvgIpc) is 2.72. The molecule has 3 aromatic carbocycles. The molecule has 0 saturated heterocycles. The Hall–Kier alpha value is -3.54. The zero-order chi connectivity index (χ0) is 19.9. The summed E-state index contributed by atoms with van der Waals surface area (Å²) in [5.74, 6) is 0.127. The highest BCUT2D eigenvalue weighted by atomic mass is 16.5. The Morgan fingerprint density at radius 2 is 1.68 bits per heavy atom. The number of esters is 1. The molecule has 0 bridgehead atoms. The van der Waals surface area contributed by atoms with Crippen LogP contribution < -0.4 is 14.8 Å². The van der Waals surface area contributed by atoms with Crippen LogP contribution in [-0.4, -0.2) is 32.7 Å². The van der Waals surface area contributed by atoms with Gasteiger partial charge in [0.05, 0.1) is 26.3 Å². The van der Waals surface area contributed by atoms with E-state index in [2.05, 4.69) is 5.32 Å². The predicted molar refractivity (Wildman–Crippen MR) is 107 cm³/mol. The first-order valence-corrected chi connectivity index (χ1v) is 8.74. The molecule has 3 rings (SSSR count). The minimum absolute atomic E-state index is 0.0978. The molecular weight excluding hydrogens is 358 g/mol. The topological polar surface area (TPSA) is 73.9 Å². The molecule has 0 fully saturated rings. The normalized spacial score (nSPS) is 10.4. The van der Waals surface area contributed by atoms with Crippen LogP contribution in [0.4, 0.5) is 5.69 Å². The summed E-state index contributed by atoms with van der Waals surface area (Å²) in [4.78, 5) is 24.2. The van der Waals surface area contributed by atoms with Crippen LogP contribution in [0.15, 0.2) is 60.7 Å². The fourth-order valence-electron chi connectivity index (χ4n) is 2.81. The molecule has 0 saturated carbocycles. The van der Waals surface area contributed by atoms with Gasteiger partial charge in [0.2, 0.25) is 0 Å². The Morgan fingerprint density at radius 1 is 0.893 bits per heavy atom. The molecule has 0 aliphatic heterocycles. The van der Waals surface area contributed by atoms with Crippen LogP contribution in [0.3, 0.4) is 0 Å². The Labute approximate surface area is 163 Å². The van der Waals surface area contributed by atoms with E-state index in [1.165, 1.54) is 14.2 Å². The summed E-state index contributed by atoms with van der Waals surface area (Å²) in [6.07, 6.45) is 0.0978. The number of carbonyl (C=O) groups excluding carboxylic acids is 2. The fraction of sp³-hybridized carbons (Fsp3) is 0.182. The maximum absolute atomic E-state index is 12.1. The number of hydrogen-bond acceptors (Lipinski definition) is 5. The predicted octanol–water partition coefficient (Wildman–Crippen LogP) is 3.58. The Bertz CT molecular complexity index is 999. The molecule has 1 amide bonds. The maximum Gasteiger partial charge on any atom is 0.310 e. The van der Waals surface area contributed by atoms with Gasteiger partial charge >= 0.3 is 5.97 Å². The number of ether oxygens (including phenoxy) is 3. The second kappa shape index (κ2) is 8.90. The van der Waals surface area contributed by atoms with Crippen LogP contribution in [-0.2, 0) is 20.7 Å². The third-order valence-corrected chi connectivity index (χ3v) is 4.21. The van der Waals surface area contributed by atoms with Crippen molar-refractivity contribution >= 4 is 28.3 Å². The molecule has 0 aliphatic rings. The molecule has 1 N–H and O–H groups in total. The van der Waals surface area contributed by atoms with E-state index < -0.39 is 11.9 Å². The molecular formula is C22H21NO5. The highest BCUT2D eigenvalue weighted by Crippen LogP contribution is 2.28. The van der Waals surface area contributed by atoms with Crippen LogP contribution in [0.1, 0.15) is 5.56 Å². The van der Waals surface area contributed by atoms with Crippen molar-refractivity contribution in [1.82, 2.24) is 0 Å². The van der Waals surface area contributed by atoms with Crippen molar-refractivity contribution in [3.05, 3.63) is 66.2 Å². The van der Waals surface area contributed by atoms with E-state index in [0.29, 0.717) is 17.2 Å². The van der Waals surface area contributed by atoms with Crippen LogP contribution in [0.5, 0.6) is 11.5 Å². The Balaban J connectivity index is 1.56. The lowest BCUT2D eigenvalue weighted by molar-refractivity contribution is -0.146. The van der Waals surface area contributed by atoms with Gasteiger partial charge in [0.25, 0.3) is 5.91 Å². The van der Waals surface area contributed by atoms with E-state index in [1.807, 2.05) is 42.5 Å². The molecule has 3 aromatic rings. The van der Waals surface area contributed by atoms with Gasteiger partial charge in [0, 0.05) is 6.07 Å². The molecule has 0 atom stereocenters. The standard InChI is InChI=1S/C22H21NO5/c1-26-18-9-10-20(27-2)19(13-18)23-21(24)14-28-22(25)12-15-7-8-16-5-3-4-6-17(16)11-15/h3-11,13H,12,14H2,1-2H3,(H,23,24). The van der Waals surface area contributed by atoms with Crippen LogP contribution in [0.25, 0.3) is 10.8 Å². The zero-order valence-electron chi connectivity index (χ0n) is 15.7. The molecule has 144 valence electrons. The minimum atomic E-state index is -0.469. The van der Waals surface area contributed by atoms with Gasteiger partial charge in [-0.05, 0) is 28.5 Å². The van der Waals surface area contributed by atoms with E-state index >= 15 is 0 Å². The quantitative estimate of drug-likeness (QED) is 0.635. The van der Waals surface area contributed by atoms with Crippen molar-refractivity contribution in [1.29, 1.82) is 0 Å². The van der Waals surface area contributed by atoms with Crippen molar-refractivity contribution in [2.24, 2.45) is 0 Å². The van der Waals surface area contributed by atoms with Crippen molar-refractivity contribution in [3.8, 4) is 11.5 Å². The highest BCUT2D eigenvalue weighted by molar-refractivity contribution is 5.94. The van der Waals surface area contributed by atoms with Crippen molar-refractivity contribution in [2.45, 2.75) is 6.42 Å². The summed E-state index contributed by atoms with van der Waals surface area (Å²) in [5, 5.41) is 4.81. The summed E-state index contributed by atoms with van der Waals surface area (Å²) < 4.78 is 15.4. The van der Waals surface area contributed by atoms with Gasteiger partial charge < -0.3 is 19.5 Å². The van der Waals surface area contributed by atoms with E-state index in [4.69, 9.17) is 14.2 Å². The van der Waals surface area contributed by atoms with E-state index in [1.54, 1.807) is 18.2 Å². The number of nitrogens with one attached hydrogen (secondary N) is 1. The largest absolute Gasteiger partial charge is 0.497 e. The lowest BCUT2D eigenvalue weighted by Gasteiger charge is -2.12. The molecule has 28 heavy (non-hydrogen) atoms. The minimum Gasteiger partial charge on any atom is -0.497 e. The monoisotopic (exact) mass is 379 g/mol. The first-order chi connectivity index (χ1) is 13.6. The van der Waals surface area contributed by atoms with E-state index in [9.17, 15) is 9.59 Å². The second-order valence-electron chi connectivity index (χ2n) is 6.13. The molecule has 0 aromatic heterocycles. The summed E-state index contributed by atoms with van der Waals surface area (Å²) >= 11 is 0. The number of fused-ring (bicyclic) bond motifs is 1. The van der Waals surface area contributed by atoms with E-state index in [0.717, 1.165) is 16.3 Å². The lowest BCUT2D eigenvalue weighted by atomic mass is 10.1. The first kappa shape index (κ1) is 19.2. The number of hydrogen-bond donors (Lipinski definition) is 1. The molecule has 0 heterocycles. The van der Waals surface area contributed by atoms with Gasteiger partial charge in [0.15, 0.2) is 6.61 Å². The van der Waals surface area contributed by atoms with Crippen LogP contribution in [0.2, 0.25) is 0 Å². The molecule has 6 heteroatoms. The van der Waals surface area contributed by atoms with Gasteiger partial charge in [-0.3, -0.25) is 9.59 Å². The molecule has 0 aliphatic carbocycles. The highest BCUT2D eigenvalue weighted by Gasteiger charge is 2.12. The SMILES string of the molecule is COc1ccc(OC)c(NC(=O)COC(=O)Cc2ccc3ccccc3c2)c1. The van der Waals surface area contributed by atoms with Crippen molar-refractivity contribution in [3.63, 3.8) is 0 Å². The van der Waals surface area contributed by atoms with Crippen LogP contribution in [0, 0.1) is 0 Å². The molecule has 0 unspecified atom stereocenters. The van der Waals surface area contributed by atoms with E-state index in [-0.39, 0.29) is 13.0 Å². The van der Waals surface area contributed by atoms with Gasteiger partial charge in [-0.15, -0.1) is 0 Å². The smallest absolute Gasteiger partial charge is 0.310 e. The molecule has 6 nitrogen and oxygen atoms in total. The van der Waals surface area contributed by atoms with Crippen molar-refractivity contribution < 1.29 is 23.8 Å². The molecule has 0 radical (unpaired) electrons. The maximum atomic E-state index is 12.1. The number of anilines is 1. The van der Waals surface area contributed by atoms with Gasteiger partial charge in [-0.2, -0.15) is 0 Å². The average molecular weight is 379 g/mol. The number of carbonyl (C=O) groups is 2. The third-order valence-electron chi connectivity index (χ3n) is 4.21. The summed E-state index contributed by atoms with van der Waals surface area (Å²) in [6, 6.07) is 18.7. The number of amides is 1. The summed E-state index contributed by atoms with van der Waals surface area (Å²) in [6.45, 7) is -0.382. The van der Waals surface area contributed by atoms with Gasteiger partial charge in [0.1, 0.15) is 11.5 Å². The number of rotatable bonds is 7. The van der Waals surface area contributed by atoms with Crippen LogP contribution >= 0.6 is 0 Å². The van der Waals surface area contributed by atoms with Crippen molar-refractivity contribution in [2.75, 3.05) is 26.1 Å². The van der Waals surface area contributed by atoms with Gasteiger partial charge in [-0.1, -0.05) is 42.5 Å². The Morgan fingerprint density at radius 3 is 2.43 bits per heavy atom. The third kappa shape index (κ3) is 4.79. The zero-order valence-corrected chi connectivity index (χ0v) is 15.7. The second-order valence-corrected chi connectivity index (χ2v) is 6.13. The Kier molecular flexibility index (Phi) is 6.11. The first-order valence-electron chi connectivity index (χ1n) is 8.74. The number of methoxy groups -OCH3 is 2. The molecule has 0 spiro atoms. The summed E-state index contributed by atoms with van der Waals surface area (Å²) in [7, 11) is 3.03.